The molecule has 0 spiro atoms. The Bertz CT molecular complexity index is 638. The van der Waals surface area contributed by atoms with Gasteiger partial charge in [0, 0.05) is 39.1 Å². The zero-order valence-electron chi connectivity index (χ0n) is 11.8. The molecule has 3 nitrogen and oxygen atoms in total. The summed E-state index contributed by atoms with van der Waals surface area (Å²) in [6.45, 7) is 2.99. The minimum atomic E-state index is 0.229. The molecule has 1 aromatic carbocycles. The van der Waals surface area contributed by atoms with Crippen LogP contribution >= 0.6 is 27.3 Å². The standard InChI is InChI=1S/C16H17BrN2OS/c1-11(15-9-12(17)10-21-15)18-13-4-6-14(7-5-13)19-8-2-3-16(19)20/h4-7,9-11,18H,2-3,8H2,1H3. The van der Waals surface area contributed by atoms with E-state index in [1.807, 2.05) is 29.2 Å². The van der Waals surface area contributed by atoms with E-state index in [-0.39, 0.29) is 11.9 Å². The fourth-order valence-electron chi connectivity index (χ4n) is 2.54. The molecule has 1 aliphatic rings. The highest BCUT2D eigenvalue weighted by atomic mass is 79.9. The minimum absolute atomic E-state index is 0.229. The monoisotopic (exact) mass is 364 g/mol. The molecule has 110 valence electrons. The molecule has 0 radical (unpaired) electrons. The summed E-state index contributed by atoms with van der Waals surface area (Å²) >= 11 is 5.22. The van der Waals surface area contributed by atoms with Crippen molar-refractivity contribution < 1.29 is 4.79 Å². The number of carbonyl (C=O) groups is 1. The van der Waals surface area contributed by atoms with Crippen LogP contribution in [0.4, 0.5) is 11.4 Å². The van der Waals surface area contributed by atoms with E-state index < -0.39 is 0 Å². The summed E-state index contributed by atoms with van der Waals surface area (Å²) in [5.41, 5.74) is 2.07. The number of nitrogens with one attached hydrogen (secondary N) is 1. The molecule has 1 atom stereocenters. The maximum Gasteiger partial charge on any atom is 0.227 e. The van der Waals surface area contributed by atoms with Crippen LogP contribution in [0, 0.1) is 0 Å². The Kier molecular flexibility index (Phi) is 4.31. The summed E-state index contributed by atoms with van der Waals surface area (Å²) in [4.78, 5) is 14.9. The van der Waals surface area contributed by atoms with Crippen molar-refractivity contribution in [3.8, 4) is 0 Å². The first-order valence-corrected chi connectivity index (χ1v) is 8.71. The van der Waals surface area contributed by atoms with Crippen LogP contribution in [-0.4, -0.2) is 12.5 Å². The minimum Gasteiger partial charge on any atom is -0.378 e. The predicted octanol–water partition coefficient (Wildman–Crippen LogP) is 4.81. The Morgan fingerprint density at radius 2 is 2.10 bits per heavy atom. The molecule has 5 heteroatoms. The number of anilines is 2. The number of amides is 1. The molecule has 1 unspecified atom stereocenters. The second-order valence-electron chi connectivity index (χ2n) is 5.23. The highest BCUT2D eigenvalue weighted by Gasteiger charge is 2.21. The van der Waals surface area contributed by atoms with Gasteiger partial charge in [-0.25, -0.2) is 0 Å². The molecule has 2 aromatic rings. The average molecular weight is 365 g/mol. The molecule has 1 amide bonds. The molecule has 1 aromatic heterocycles. The highest BCUT2D eigenvalue weighted by molar-refractivity contribution is 9.10. The van der Waals surface area contributed by atoms with Crippen molar-refractivity contribution in [2.24, 2.45) is 0 Å². The first-order valence-electron chi connectivity index (χ1n) is 7.04. The van der Waals surface area contributed by atoms with Gasteiger partial charge in [-0.1, -0.05) is 0 Å². The summed E-state index contributed by atoms with van der Waals surface area (Å²) in [6.07, 6.45) is 1.63. The summed E-state index contributed by atoms with van der Waals surface area (Å²) < 4.78 is 1.12. The van der Waals surface area contributed by atoms with E-state index in [1.54, 1.807) is 11.3 Å². The average Bonchev–Trinajstić information content (AvgIpc) is 3.08. The number of hydrogen-bond donors (Lipinski definition) is 1. The van der Waals surface area contributed by atoms with Crippen LogP contribution in [0.25, 0.3) is 0 Å². The topological polar surface area (TPSA) is 32.3 Å². The van der Waals surface area contributed by atoms with E-state index in [0.717, 1.165) is 28.8 Å². The molecule has 0 saturated carbocycles. The molecule has 21 heavy (non-hydrogen) atoms. The van der Waals surface area contributed by atoms with E-state index in [9.17, 15) is 4.79 Å². The zero-order valence-corrected chi connectivity index (χ0v) is 14.2. The number of carbonyl (C=O) groups excluding carboxylic acids is 1. The van der Waals surface area contributed by atoms with Crippen molar-refractivity contribution in [2.45, 2.75) is 25.8 Å². The smallest absolute Gasteiger partial charge is 0.227 e. The van der Waals surface area contributed by atoms with Gasteiger partial charge in [0.15, 0.2) is 0 Å². The van der Waals surface area contributed by atoms with E-state index >= 15 is 0 Å². The van der Waals surface area contributed by atoms with Gasteiger partial charge in [-0.15, -0.1) is 11.3 Å². The second-order valence-corrected chi connectivity index (χ2v) is 7.09. The van der Waals surface area contributed by atoms with E-state index in [0.29, 0.717) is 6.42 Å². The van der Waals surface area contributed by atoms with E-state index in [4.69, 9.17) is 0 Å². The summed E-state index contributed by atoms with van der Waals surface area (Å²) in [7, 11) is 0. The lowest BCUT2D eigenvalue weighted by atomic mass is 10.2. The summed E-state index contributed by atoms with van der Waals surface area (Å²) in [5.74, 6) is 0.229. The van der Waals surface area contributed by atoms with Gasteiger partial charge in [-0.2, -0.15) is 0 Å². The normalized spacial score (nSPS) is 16.3. The molecular formula is C16H17BrN2OS. The first kappa shape index (κ1) is 14.6. The third-order valence-corrected chi connectivity index (χ3v) is 5.53. The Morgan fingerprint density at radius 3 is 2.67 bits per heavy atom. The summed E-state index contributed by atoms with van der Waals surface area (Å²) in [6, 6.07) is 10.5. The number of halogens is 1. The molecule has 2 heterocycles. The van der Waals surface area contributed by atoms with Crippen molar-refractivity contribution in [1.29, 1.82) is 0 Å². The Morgan fingerprint density at radius 1 is 1.33 bits per heavy atom. The number of hydrogen-bond acceptors (Lipinski definition) is 3. The van der Waals surface area contributed by atoms with Crippen LogP contribution in [0.1, 0.15) is 30.7 Å². The fraction of sp³-hybridized carbons (Fsp3) is 0.312. The molecule has 3 rings (SSSR count). The number of rotatable bonds is 4. The van der Waals surface area contributed by atoms with E-state index in [2.05, 4.69) is 39.6 Å². The Labute approximate surface area is 137 Å². The van der Waals surface area contributed by atoms with Gasteiger partial charge in [0.25, 0.3) is 0 Å². The van der Waals surface area contributed by atoms with Crippen LogP contribution in [0.5, 0.6) is 0 Å². The zero-order chi connectivity index (χ0) is 14.8. The van der Waals surface area contributed by atoms with Crippen molar-refractivity contribution >= 4 is 44.5 Å². The maximum absolute atomic E-state index is 11.7. The summed E-state index contributed by atoms with van der Waals surface area (Å²) in [5, 5.41) is 5.58. The SMILES string of the molecule is CC(Nc1ccc(N2CCCC2=O)cc1)c1cc(Br)cs1. The van der Waals surface area contributed by atoms with Gasteiger partial charge in [-0.05, 0) is 59.6 Å². The molecule has 0 aliphatic carbocycles. The van der Waals surface area contributed by atoms with Crippen LogP contribution in [0.2, 0.25) is 0 Å². The number of thiophene rings is 1. The lowest BCUT2D eigenvalue weighted by molar-refractivity contribution is -0.117. The van der Waals surface area contributed by atoms with Gasteiger partial charge < -0.3 is 10.2 Å². The maximum atomic E-state index is 11.7. The Hall–Kier alpha value is -1.33. The first-order chi connectivity index (χ1) is 10.1. The Balaban J connectivity index is 1.68. The molecule has 1 fully saturated rings. The van der Waals surface area contributed by atoms with Gasteiger partial charge in [0.2, 0.25) is 5.91 Å². The van der Waals surface area contributed by atoms with Gasteiger partial charge >= 0.3 is 0 Å². The van der Waals surface area contributed by atoms with Crippen molar-refractivity contribution in [3.63, 3.8) is 0 Å². The fourth-order valence-corrected chi connectivity index (χ4v) is 3.99. The molecular weight excluding hydrogens is 348 g/mol. The number of benzene rings is 1. The third-order valence-electron chi connectivity index (χ3n) is 3.65. The van der Waals surface area contributed by atoms with Gasteiger partial charge in [0.1, 0.15) is 0 Å². The van der Waals surface area contributed by atoms with Crippen molar-refractivity contribution in [2.75, 3.05) is 16.8 Å². The third kappa shape index (κ3) is 3.30. The predicted molar refractivity (Wildman–Crippen MR) is 92.1 cm³/mol. The van der Waals surface area contributed by atoms with Gasteiger partial charge in [0.05, 0.1) is 6.04 Å². The quantitative estimate of drug-likeness (QED) is 0.843. The van der Waals surface area contributed by atoms with E-state index in [1.165, 1.54) is 4.88 Å². The van der Waals surface area contributed by atoms with Crippen LogP contribution in [-0.2, 0) is 4.79 Å². The molecule has 1 N–H and O–H groups in total. The highest BCUT2D eigenvalue weighted by Crippen LogP contribution is 2.29. The van der Waals surface area contributed by atoms with Crippen LogP contribution in [0.15, 0.2) is 40.2 Å². The molecule has 1 saturated heterocycles. The van der Waals surface area contributed by atoms with Crippen molar-refractivity contribution in [1.82, 2.24) is 0 Å². The molecule has 0 bridgehead atoms. The van der Waals surface area contributed by atoms with Gasteiger partial charge in [-0.3, -0.25) is 4.79 Å². The van der Waals surface area contributed by atoms with Crippen molar-refractivity contribution in [3.05, 3.63) is 45.1 Å². The largest absolute Gasteiger partial charge is 0.378 e. The van der Waals surface area contributed by atoms with Crippen LogP contribution < -0.4 is 10.2 Å². The number of nitrogens with zero attached hydrogens (tertiary/aromatic N) is 1. The lowest BCUT2D eigenvalue weighted by Crippen LogP contribution is -2.23. The van der Waals surface area contributed by atoms with Crippen LogP contribution in [0.3, 0.4) is 0 Å². The lowest BCUT2D eigenvalue weighted by Gasteiger charge is -2.18. The molecule has 1 aliphatic heterocycles. The second kappa shape index (κ2) is 6.20.